The largest absolute Gasteiger partial charge is 0.300 e. The zero-order chi connectivity index (χ0) is 12.1. The van der Waals surface area contributed by atoms with Crippen LogP contribution >= 0.6 is 22.9 Å². The van der Waals surface area contributed by atoms with Crippen molar-refractivity contribution in [2.45, 2.75) is 44.4 Å². The van der Waals surface area contributed by atoms with E-state index in [9.17, 15) is 4.79 Å². The summed E-state index contributed by atoms with van der Waals surface area (Å²) < 4.78 is 0. The van der Waals surface area contributed by atoms with Crippen molar-refractivity contribution in [3.05, 3.63) is 5.01 Å². The maximum atomic E-state index is 11.3. The Balaban J connectivity index is 1.93. The van der Waals surface area contributed by atoms with E-state index in [1.807, 2.05) is 0 Å². The molecule has 1 aliphatic carbocycles. The molecule has 1 aromatic heterocycles. The lowest BCUT2D eigenvalue weighted by Crippen LogP contribution is -2.11. The van der Waals surface area contributed by atoms with Crippen molar-refractivity contribution >= 4 is 34.0 Å². The van der Waals surface area contributed by atoms with E-state index in [1.54, 1.807) is 0 Å². The van der Waals surface area contributed by atoms with Crippen LogP contribution in [0.5, 0.6) is 0 Å². The number of halogens is 1. The number of aromatic nitrogens is 2. The van der Waals surface area contributed by atoms with Crippen molar-refractivity contribution < 1.29 is 4.79 Å². The van der Waals surface area contributed by atoms with Gasteiger partial charge in [0.1, 0.15) is 5.01 Å². The van der Waals surface area contributed by atoms with Gasteiger partial charge in [0.2, 0.25) is 11.0 Å². The minimum Gasteiger partial charge on any atom is -0.300 e. The zero-order valence-corrected chi connectivity index (χ0v) is 11.2. The fourth-order valence-electron chi connectivity index (χ4n) is 2.07. The van der Waals surface area contributed by atoms with E-state index in [0.717, 1.165) is 5.01 Å². The van der Waals surface area contributed by atoms with Crippen molar-refractivity contribution in [2.24, 2.45) is 0 Å². The highest BCUT2D eigenvalue weighted by Crippen LogP contribution is 2.35. The Kier molecular flexibility index (Phi) is 4.74. The van der Waals surface area contributed by atoms with Gasteiger partial charge >= 0.3 is 0 Å². The minimum absolute atomic E-state index is 0.0913. The van der Waals surface area contributed by atoms with Crippen LogP contribution in [0.3, 0.4) is 0 Å². The fraction of sp³-hybridized carbons (Fsp3) is 0.727. The van der Waals surface area contributed by atoms with Gasteiger partial charge in [-0.05, 0) is 12.8 Å². The molecule has 17 heavy (non-hydrogen) atoms. The van der Waals surface area contributed by atoms with E-state index in [1.165, 1.54) is 43.4 Å². The van der Waals surface area contributed by atoms with Gasteiger partial charge in [-0.15, -0.1) is 21.8 Å². The Hall–Kier alpha value is -0.680. The van der Waals surface area contributed by atoms with Gasteiger partial charge in [0, 0.05) is 18.2 Å². The molecule has 1 fully saturated rings. The van der Waals surface area contributed by atoms with E-state index < -0.39 is 0 Å². The number of nitrogens with zero attached hydrogens (tertiary/aromatic N) is 2. The molecule has 1 amide bonds. The number of carbonyl (C=O) groups is 1. The molecule has 6 heteroatoms. The maximum absolute atomic E-state index is 11.3. The van der Waals surface area contributed by atoms with Gasteiger partial charge in [-0.2, -0.15) is 0 Å². The molecule has 0 bridgehead atoms. The molecule has 1 aromatic rings. The first-order valence-corrected chi connectivity index (χ1v) is 7.34. The van der Waals surface area contributed by atoms with E-state index in [0.29, 0.717) is 23.4 Å². The molecule has 0 spiro atoms. The number of hydrogen-bond donors (Lipinski definition) is 1. The van der Waals surface area contributed by atoms with Gasteiger partial charge in [-0.3, -0.25) is 4.79 Å². The molecule has 0 unspecified atom stereocenters. The maximum Gasteiger partial charge on any atom is 0.227 e. The molecule has 1 heterocycles. The lowest BCUT2D eigenvalue weighted by molar-refractivity contribution is -0.115. The van der Waals surface area contributed by atoms with E-state index in [-0.39, 0.29) is 5.91 Å². The molecule has 0 atom stereocenters. The summed E-state index contributed by atoms with van der Waals surface area (Å²) in [4.78, 5) is 11.3. The first kappa shape index (κ1) is 12.8. The predicted octanol–water partition coefficient (Wildman–Crippen LogP) is 3.15. The first-order valence-electron chi connectivity index (χ1n) is 5.99. The second-order valence-corrected chi connectivity index (χ2v) is 5.65. The zero-order valence-electron chi connectivity index (χ0n) is 9.62. The second-order valence-electron chi connectivity index (χ2n) is 4.27. The molecule has 1 saturated carbocycles. The topological polar surface area (TPSA) is 54.9 Å². The van der Waals surface area contributed by atoms with Crippen LogP contribution in [0.25, 0.3) is 0 Å². The monoisotopic (exact) mass is 273 g/mol. The van der Waals surface area contributed by atoms with Gasteiger partial charge in [-0.25, -0.2) is 0 Å². The summed E-state index contributed by atoms with van der Waals surface area (Å²) in [5.41, 5.74) is 0. The first-order chi connectivity index (χ1) is 8.29. The number of hydrogen-bond acceptors (Lipinski definition) is 4. The van der Waals surface area contributed by atoms with Crippen LogP contribution in [0.2, 0.25) is 0 Å². The van der Waals surface area contributed by atoms with Crippen molar-refractivity contribution in [3.63, 3.8) is 0 Å². The number of nitrogens with one attached hydrogen (secondary N) is 1. The smallest absolute Gasteiger partial charge is 0.227 e. The number of rotatable bonds is 4. The third-order valence-corrected chi connectivity index (χ3v) is 4.15. The fourth-order valence-corrected chi connectivity index (χ4v) is 3.17. The number of carbonyl (C=O) groups excluding carboxylic acids is 1. The van der Waals surface area contributed by atoms with Gasteiger partial charge in [-0.1, -0.05) is 30.6 Å². The Labute approximate surface area is 110 Å². The summed E-state index contributed by atoms with van der Waals surface area (Å²) in [5, 5.41) is 12.6. The summed E-state index contributed by atoms with van der Waals surface area (Å²) in [5.74, 6) is 0.784. The number of anilines is 1. The summed E-state index contributed by atoms with van der Waals surface area (Å²) in [6.45, 7) is 0. The average Bonchev–Trinajstić information content (AvgIpc) is 2.79. The lowest BCUT2D eigenvalue weighted by Gasteiger charge is -2.18. The molecule has 0 saturated heterocycles. The molecule has 4 nitrogen and oxygen atoms in total. The van der Waals surface area contributed by atoms with E-state index in [2.05, 4.69) is 15.5 Å². The van der Waals surface area contributed by atoms with Gasteiger partial charge in [0.25, 0.3) is 0 Å². The van der Waals surface area contributed by atoms with Crippen molar-refractivity contribution in [3.8, 4) is 0 Å². The molecule has 0 aliphatic heterocycles. The highest BCUT2D eigenvalue weighted by atomic mass is 35.5. The van der Waals surface area contributed by atoms with Crippen LogP contribution in [0.4, 0.5) is 5.13 Å². The lowest BCUT2D eigenvalue weighted by atomic mass is 9.90. The summed E-state index contributed by atoms with van der Waals surface area (Å²) in [6.07, 6.45) is 6.60. The van der Waals surface area contributed by atoms with Crippen LogP contribution in [-0.2, 0) is 4.79 Å². The second kappa shape index (κ2) is 6.31. The molecule has 1 N–H and O–H groups in total. The van der Waals surface area contributed by atoms with Crippen LogP contribution in [0, 0.1) is 0 Å². The average molecular weight is 274 g/mol. The van der Waals surface area contributed by atoms with E-state index >= 15 is 0 Å². The Bertz CT molecular complexity index is 377. The molecular formula is C11H16ClN3OS. The van der Waals surface area contributed by atoms with E-state index in [4.69, 9.17) is 11.6 Å². The highest BCUT2D eigenvalue weighted by Gasteiger charge is 2.20. The summed E-state index contributed by atoms with van der Waals surface area (Å²) >= 11 is 6.99. The van der Waals surface area contributed by atoms with Gasteiger partial charge in [0.15, 0.2) is 0 Å². The predicted molar refractivity (Wildman–Crippen MR) is 69.7 cm³/mol. The molecule has 94 valence electrons. The summed E-state index contributed by atoms with van der Waals surface area (Å²) in [7, 11) is 0. The van der Waals surface area contributed by atoms with Crippen molar-refractivity contribution in [2.75, 3.05) is 11.2 Å². The van der Waals surface area contributed by atoms with Crippen LogP contribution in [-0.4, -0.2) is 22.0 Å². The van der Waals surface area contributed by atoms with Crippen molar-refractivity contribution in [1.29, 1.82) is 0 Å². The number of alkyl halides is 1. The van der Waals surface area contributed by atoms with Crippen molar-refractivity contribution in [1.82, 2.24) is 10.2 Å². The van der Waals surface area contributed by atoms with Crippen LogP contribution in [0.1, 0.15) is 49.5 Å². The molecule has 1 aliphatic rings. The Morgan fingerprint density at radius 3 is 2.82 bits per heavy atom. The van der Waals surface area contributed by atoms with Crippen LogP contribution < -0.4 is 5.32 Å². The molecular weight excluding hydrogens is 258 g/mol. The van der Waals surface area contributed by atoms with Crippen LogP contribution in [0.15, 0.2) is 0 Å². The molecule has 2 rings (SSSR count). The van der Waals surface area contributed by atoms with Gasteiger partial charge in [0.05, 0.1) is 0 Å². The SMILES string of the molecule is O=C(CCCl)Nc1nnc(C2CCCCC2)s1. The number of amides is 1. The third kappa shape index (κ3) is 3.64. The quantitative estimate of drug-likeness (QED) is 0.858. The standard InChI is InChI=1S/C11H16ClN3OS/c12-7-6-9(16)13-11-15-14-10(17-11)8-4-2-1-3-5-8/h8H,1-7H2,(H,13,15,16). The van der Waals surface area contributed by atoms with Gasteiger partial charge < -0.3 is 5.32 Å². The highest BCUT2D eigenvalue weighted by molar-refractivity contribution is 7.15. The molecule has 0 radical (unpaired) electrons. The Morgan fingerprint density at radius 2 is 2.12 bits per heavy atom. The minimum atomic E-state index is -0.0913. The normalized spacial score (nSPS) is 17.0. The third-order valence-electron chi connectivity index (χ3n) is 2.96. The summed E-state index contributed by atoms with van der Waals surface area (Å²) in [6, 6.07) is 0. The molecule has 0 aromatic carbocycles. The Morgan fingerprint density at radius 1 is 1.35 bits per heavy atom.